The fourth-order valence-corrected chi connectivity index (χ4v) is 1.70. The van der Waals surface area contributed by atoms with E-state index in [9.17, 15) is 14.7 Å². The third-order valence-electron chi connectivity index (χ3n) is 2.88. The molecule has 0 heterocycles. The fraction of sp³-hybridized carbons (Fsp3) is 0.467. The van der Waals surface area contributed by atoms with Crippen molar-refractivity contribution in [1.29, 1.82) is 0 Å². The van der Waals surface area contributed by atoms with E-state index < -0.39 is 6.10 Å². The summed E-state index contributed by atoms with van der Waals surface area (Å²) in [5, 5.41) is 14.6. The molecule has 110 valence electrons. The molecule has 0 aliphatic carbocycles. The maximum atomic E-state index is 11.8. The standard InChI is InChI=1S/C15H22N2O3/c1-3-4-13(18)9-16-14(19)10-17-15(20)12-7-5-11(2)6-8-12/h5-8,13,18H,3-4,9-10H2,1-2H3,(H,16,19)(H,17,20). The lowest BCUT2D eigenvalue weighted by molar-refractivity contribution is -0.120. The topological polar surface area (TPSA) is 78.4 Å². The lowest BCUT2D eigenvalue weighted by Crippen LogP contribution is -2.40. The Morgan fingerprint density at radius 2 is 1.85 bits per heavy atom. The Bertz CT molecular complexity index is 443. The van der Waals surface area contributed by atoms with Crippen molar-refractivity contribution < 1.29 is 14.7 Å². The van der Waals surface area contributed by atoms with Gasteiger partial charge in [-0.3, -0.25) is 9.59 Å². The zero-order valence-electron chi connectivity index (χ0n) is 12.0. The minimum Gasteiger partial charge on any atom is -0.391 e. The fourth-order valence-electron chi connectivity index (χ4n) is 1.70. The van der Waals surface area contributed by atoms with Gasteiger partial charge in [-0.25, -0.2) is 0 Å². The van der Waals surface area contributed by atoms with Gasteiger partial charge in [0.15, 0.2) is 0 Å². The smallest absolute Gasteiger partial charge is 0.251 e. The van der Waals surface area contributed by atoms with E-state index in [4.69, 9.17) is 0 Å². The van der Waals surface area contributed by atoms with Gasteiger partial charge in [-0.05, 0) is 25.5 Å². The summed E-state index contributed by atoms with van der Waals surface area (Å²) < 4.78 is 0. The number of rotatable bonds is 7. The summed E-state index contributed by atoms with van der Waals surface area (Å²) in [6.07, 6.45) is 0.980. The summed E-state index contributed by atoms with van der Waals surface area (Å²) in [6, 6.07) is 7.12. The maximum absolute atomic E-state index is 11.8. The molecule has 5 heteroatoms. The minimum atomic E-state index is -0.531. The first-order valence-electron chi connectivity index (χ1n) is 6.82. The van der Waals surface area contributed by atoms with Crippen LogP contribution >= 0.6 is 0 Å². The van der Waals surface area contributed by atoms with Crippen molar-refractivity contribution in [1.82, 2.24) is 10.6 Å². The molecular formula is C15H22N2O3. The molecular weight excluding hydrogens is 256 g/mol. The Hall–Kier alpha value is -1.88. The zero-order chi connectivity index (χ0) is 15.0. The average molecular weight is 278 g/mol. The molecule has 3 N–H and O–H groups in total. The molecule has 0 saturated carbocycles. The van der Waals surface area contributed by atoms with E-state index in [1.54, 1.807) is 12.1 Å². The number of aliphatic hydroxyl groups is 1. The second-order valence-corrected chi connectivity index (χ2v) is 4.80. The zero-order valence-corrected chi connectivity index (χ0v) is 12.0. The molecule has 1 rings (SSSR count). The van der Waals surface area contributed by atoms with Crippen LogP contribution < -0.4 is 10.6 Å². The van der Waals surface area contributed by atoms with Crippen LogP contribution in [0.1, 0.15) is 35.7 Å². The summed E-state index contributed by atoms with van der Waals surface area (Å²) in [5.74, 6) is -0.588. The van der Waals surface area contributed by atoms with Gasteiger partial charge in [0.25, 0.3) is 5.91 Å². The van der Waals surface area contributed by atoms with E-state index in [1.165, 1.54) is 0 Å². The molecule has 1 aromatic carbocycles. The summed E-state index contributed by atoms with van der Waals surface area (Å²) >= 11 is 0. The van der Waals surface area contributed by atoms with Gasteiger partial charge < -0.3 is 15.7 Å². The Morgan fingerprint density at radius 3 is 2.45 bits per heavy atom. The van der Waals surface area contributed by atoms with E-state index in [0.717, 1.165) is 12.0 Å². The Labute approximate surface area is 119 Å². The van der Waals surface area contributed by atoms with Crippen LogP contribution in [0.2, 0.25) is 0 Å². The summed E-state index contributed by atoms with van der Waals surface area (Å²) in [6.45, 7) is 4.03. The van der Waals surface area contributed by atoms with E-state index in [0.29, 0.717) is 12.0 Å². The van der Waals surface area contributed by atoms with Crippen molar-refractivity contribution in [3.8, 4) is 0 Å². The monoisotopic (exact) mass is 278 g/mol. The second kappa shape index (κ2) is 8.32. The predicted octanol–water partition coefficient (Wildman–Crippen LogP) is 1.00. The number of benzene rings is 1. The highest BCUT2D eigenvalue weighted by Gasteiger charge is 2.09. The first-order valence-corrected chi connectivity index (χ1v) is 6.82. The predicted molar refractivity (Wildman–Crippen MR) is 77.4 cm³/mol. The minimum absolute atomic E-state index is 0.0917. The molecule has 2 amide bonds. The van der Waals surface area contributed by atoms with Crippen LogP contribution in [0.5, 0.6) is 0 Å². The van der Waals surface area contributed by atoms with Crippen molar-refractivity contribution in [3.63, 3.8) is 0 Å². The number of carbonyl (C=O) groups is 2. The van der Waals surface area contributed by atoms with Gasteiger partial charge in [0, 0.05) is 12.1 Å². The van der Waals surface area contributed by atoms with Gasteiger partial charge in [-0.2, -0.15) is 0 Å². The van der Waals surface area contributed by atoms with E-state index >= 15 is 0 Å². The van der Waals surface area contributed by atoms with E-state index in [-0.39, 0.29) is 24.9 Å². The highest BCUT2D eigenvalue weighted by Crippen LogP contribution is 2.02. The Balaban J connectivity index is 2.30. The third-order valence-corrected chi connectivity index (χ3v) is 2.88. The van der Waals surface area contributed by atoms with Crippen molar-refractivity contribution in [2.45, 2.75) is 32.8 Å². The van der Waals surface area contributed by atoms with Gasteiger partial charge in [0.05, 0.1) is 12.6 Å². The maximum Gasteiger partial charge on any atom is 0.251 e. The molecule has 0 fully saturated rings. The van der Waals surface area contributed by atoms with Gasteiger partial charge in [-0.15, -0.1) is 0 Å². The quantitative estimate of drug-likeness (QED) is 0.696. The Morgan fingerprint density at radius 1 is 1.20 bits per heavy atom. The molecule has 1 atom stereocenters. The lowest BCUT2D eigenvalue weighted by atomic mass is 10.1. The number of nitrogens with one attached hydrogen (secondary N) is 2. The normalized spacial score (nSPS) is 11.8. The molecule has 5 nitrogen and oxygen atoms in total. The van der Waals surface area contributed by atoms with E-state index in [2.05, 4.69) is 10.6 Å². The van der Waals surface area contributed by atoms with Crippen LogP contribution in [0, 0.1) is 6.92 Å². The van der Waals surface area contributed by atoms with E-state index in [1.807, 2.05) is 26.0 Å². The lowest BCUT2D eigenvalue weighted by Gasteiger charge is -2.11. The number of aliphatic hydroxyl groups excluding tert-OH is 1. The number of hydrogen-bond acceptors (Lipinski definition) is 3. The van der Waals surface area contributed by atoms with Crippen LogP contribution in [-0.4, -0.2) is 36.1 Å². The highest BCUT2D eigenvalue weighted by molar-refractivity contribution is 5.96. The largest absolute Gasteiger partial charge is 0.391 e. The molecule has 1 aromatic rings. The second-order valence-electron chi connectivity index (χ2n) is 4.80. The number of amides is 2. The van der Waals surface area contributed by atoms with Crippen LogP contribution in [0.3, 0.4) is 0 Å². The molecule has 0 spiro atoms. The highest BCUT2D eigenvalue weighted by atomic mass is 16.3. The summed E-state index contributed by atoms with van der Waals surface area (Å²) in [5.41, 5.74) is 1.60. The van der Waals surface area contributed by atoms with Gasteiger partial charge in [0.1, 0.15) is 0 Å². The molecule has 0 radical (unpaired) electrons. The van der Waals surface area contributed by atoms with Crippen LogP contribution in [0.15, 0.2) is 24.3 Å². The third kappa shape index (κ3) is 5.84. The molecule has 0 aromatic heterocycles. The van der Waals surface area contributed by atoms with Crippen LogP contribution in [-0.2, 0) is 4.79 Å². The molecule has 0 aliphatic rings. The SMILES string of the molecule is CCCC(O)CNC(=O)CNC(=O)c1ccc(C)cc1. The number of carbonyl (C=O) groups excluding carboxylic acids is 2. The Kier molecular flexibility index (Phi) is 6.73. The molecule has 0 saturated heterocycles. The van der Waals surface area contributed by atoms with Crippen LogP contribution in [0.25, 0.3) is 0 Å². The molecule has 1 unspecified atom stereocenters. The first kappa shape index (κ1) is 16.2. The van der Waals surface area contributed by atoms with Crippen molar-refractivity contribution in [2.24, 2.45) is 0 Å². The van der Waals surface area contributed by atoms with Crippen molar-refractivity contribution in [2.75, 3.05) is 13.1 Å². The van der Waals surface area contributed by atoms with Gasteiger partial charge in [-0.1, -0.05) is 31.0 Å². The van der Waals surface area contributed by atoms with Crippen molar-refractivity contribution in [3.05, 3.63) is 35.4 Å². The molecule has 0 bridgehead atoms. The van der Waals surface area contributed by atoms with Gasteiger partial charge >= 0.3 is 0 Å². The van der Waals surface area contributed by atoms with Crippen molar-refractivity contribution >= 4 is 11.8 Å². The first-order chi connectivity index (χ1) is 9.52. The molecule has 0 aliphatic heterocycles. The van der Waals surface area contributed by atoms with Gasteiger partial charge in [0.2, 0.25) is 5.91 Å². The number of aryl methyl sites for hydroxylation is 1. The van der Waals surface area contributed by atoms with Crippen LogP contribution in [0.4, 0.5) is 0 Å². The number of hydrogen-bond donors (Lipinski definition) is 3. The molecule has 20 heavy (non-hydrogen) atoms. The summed E-state index contributed by atoms with van der Waals surface area (Å²) in [7, 11) is 0. The summed E-state index contributed by atoms with van der Waals surface area (Å²) in [4.78, 5) is 23.3. The average Bonchev–Trinajstić information content (AvgIpc) is 2.43.